The van der Waals surface area contributed by atoms with Crippen LogP contribution in [0.3, 0.4) is 0 Å². The molecule has 0 aromatic heterocycles. The van der Waals surface area contributed by atoms with Gasteiger partial charge in [-0.05, 0) is 12.5 Å². The summed E-state index contributed by atoms with van der Waals surface area (Å²) >= 11 is 0. The van der Waals surface area contributed by atoms with Gasteiger partial charge in [-0.15, -0.1) is 12.4 Å². The van der Waals surface area contributed by atoms with Gasteiger partial charge in [-0.25, -0.2) is 5.84 Å². The Morgan fingerprint density at radius 1 is 1.38 bits per heavy atom. The molecule has 0 heterocycles. The van der Waals surface area contributed by atoms with Gasteiger partial charge >= 0.3 is 0 Å². The van der Waals surface area contributed by atoms with Gasteiger partial charge in [-0.1, -0.05) is 30.3 Å². The normalized spacial score (nSPS) is 11.2. The second kappa shape index (κ2) is 5.56. The zero-order valence-corrected chi connectivity index (χ0v) is 8.17. The molecular weight excluding hydrogens is 188 g/mol. The number of rotatable bonds is 2. The number of nitrogens with two attached hydrogens (primary N) is 1. The van der Waals surface area contributed by atoms with Gasteiger partial charge in [0.15, 0.2) is 0 Å². The first-order chi connectivity index (χ1) is 5.75. The molecule has 4 heteroatoms. The Hall–Kier alpha value is -1.06. The number of nitrogens with one attached hydrogen (secondary N) is 1. The van der Waals surface area contributed by atoms with Gasteiger partial charge in [-0.2, -0.15) is 0 Å². The maximum Gasteiger partial charge on any atom is 0.241 e. The fraction of sp³-hybridized carbons (Fsp3) is 0.222. The maximum absolute atomic E-state index is 11.1. The molecule has 1 amide bonds. The quantitative estimate of drug-likeness (QED) is 0.428. The summed E-state index contributed by atoms with van der Waals surface area (Å²) in [6.07, 6.45) is 0. The Kier molecular flexibility index (Phi) is 5.11. The van der Waals surface area contributed by atoms with E-state index in [1.165, 1.54) is 0 Å². The summed E-state index contributed by atoms with van der Waals surface area (Å²) < 4.78 is 0. The first kappa shape index (κ1) is 11.9. The van der Waals surface area contributed by atoms with E-state index in [0.29, 0.717) is 0 Å². The van der Waals surface area contributed by atoms with Crippen molar-refractivity contribution in [2.24, 2.45) is 5.84 Å². The Labute approximate surface area is 83.7 Å². The van der Waals surface area contributed by atoms with Crippen molar-refractivity contribution >= 4 is 18.3 Å². The molecule has 1 atom stereocenters. The molecule has 13 heavy (non-hydrogen) atoms. The average Bonchev–Trinajstić information content (AvgIpc) is 2.17. The fourth-order valence-corrected chi connectivity index (χ4v) is 1.02. The van der Waals surface area contributed by atoms with Crippen LogP contribution >= 0.6 is 12.4 Å². The van der Waals surface area contributed by atoms with Crippen molar-refractivity contribution in [3.8, 4) is 0 Å². The number of hydrogen-bond acceptors (Lipinski definition) is 2. The van der Waals surface area contributed by atoms with Gasteiger partial charge in [0.25, 0.3) is 0 Å². The second-order valence-corrected chi connectivity index (χ2v) is 2.64. The van der Waals surface area contributed by atoms with Crippen LogP contribution in [-0.4, -0.2) is 5.91 Å². The summed E-state index contributed by atoms with van der Waals surface area (Å²) in [5.74, 6) is 4.66. The SMILES string of the molecule is C[C@H](C(=O)NN)c1ccccc1.Cl. The van der Waals surface area contributed by atoms with Crippen LogP contribution in [0.5, 0.6) is 0 Å². The molecule has 0 saturated carbocycles. The minimum atomic E-state index is -0.184. The van der Waals surface area contributed by atoms with E-state index in [1.807, 2.05) is 37.3 Å². The third kappa shape index (κ3) is 3.05. The van der Waals surface area contributed by atoms with Crippen molar-refractivity contribution in [1.82, 2.24) is 5.43 Å². The lowest BCUT2D eigenvalue weighted by Crippen LogP contribution is -2.33. The van der Waals surface area contributed by atoms with Crippen LogP contribution in [0.2, 0.25) is 0 Å². The van der Waals surface area contributed by atoms with Crippen LogP contribution in [0.1, 0.15) is 18.4 Å². The molecule has 0 radical (unpaired) electrons. The van der Waals surface area contributed by atoms with E-state index in [1.54, 1.807) is 0 Å². The molecule has 1 rings (SSSR count). The predicted octanol–water partition coefficient (Wildman–Crippen LogP) is 1.20. The molecule has 0 unspecified atom stereocenters. The van der Waals surface area contributed by atoms with Gasteiger partial charge < -0.3 is 0 Å². The molecule has 0 spiro atoms. The molecule has 0 aliphatic carbocycles. The van der Waals surface area contributed by atoms with Crippen molar-refractivity contribution < 1.29 is 4.79 Å². The van der Waals surface area contributed by atoms with Crippen LogP contribution in [0.25, 0.3) is 0 Å². The molecular formula is C9H13ClN2O. The molecule has 1 aromatic carbocycles. The van der Waals surface area contributed by atoms with E-state index in [-0.39, 0.29) is 24.2 Å². The summed E-state index contributed by atoms with van der Waals surface area (Å²) in [6.45, 7) is 1.82. The Morgan fingerprint density at radius 2 is 1.92 bits per heavy atom. The van der Waals surface area contributed by atoms with Crippen molar-refractivity contribution in [3.05, 3.63) is 35.9 Å². The minimum Gasteiger partial charge on any atom is -0.294 e. The van der Waals surface area contributed by atoms with Crippen molar-refractivity contribution in [2.75, 3.05) is 0 Å². The van der Waals surface area contributed by atoms with Gasteiger partial charge in [0.05, 0.1) is 5.92 Å². The molecule has 0 aliphatic rings. The molecule has 72 valence electrons. The van der Waals surface area contributed by atoms with Gasteiger partial charge in [0.1, 0.15) is 0 Å². The van der Waals surface area contributed by atoms with E-state index in [9.17, 15) is 4.79 Å². The van der Waals surface area contributed by atoms with Crippen LogP contribution in [-0.2, 0) is 4.79 Å². The van der Waals surface area contributed by atoms with Gasteiger partial charge in [0.2, 0.25) is 5.91 Å². The number of amides is 1. The zero-order chi connectivity index (χ0) is 8.97. The fourth-order valence-electron chi connectivity index (χ4n) is 1.02. The maximum atomic E-state index is 11.1. The number of hydrogen-bond donors (Lipinski definition) is 2. The van der Waals surface area contributed by atoms with E-state index >= 15 is 0 Å². The molecule has 3 N–H and O–H groups in total. The van der Waals surface area contributed by atoms with Crippen molar-refractivity contribution in [1.29, 1.82) is 0 Å². The smallest absolute Gasteiger partial charge is 0.241 e. The van der Waals surface area contributed by atoms with Gasteiger partial charge in [-0.3, -0.25) is 10.2 Å². The largest absolute Gasteiger partial charge is 0.294 e. The minimum absolute atomic E-state index is 0. The third-order valence-electron chi connectivity index (χ3n) is 1.84. The second-order valence-electron chi connectivity index (χ2n) is 2.64. The Balaban J connectivity index is 0.00000144. The highest BCUT2D eigenvalue weighted by atomic mass is 35.5. The summed E-state index contributed by atoms with van der Waals surface area (Å²) in [5.41, 5.74) is 3.10. The van der Waals surface area contributed by atoms with Gasteiger partial charge in [0, 0.05) is 0 Å². The van der Waals surface area contributed by atoms with E-state index < -0.39 is 0 Å². The lowest BCUT2D eigenvalue weighted by molar-refractivity contribution is -0.122. The monoisotopic (exact) mass is 200 g/mol. The number of carbonyl (C=O) groups is 1. The first-order valence-corrected chi connectivity index (χ1v) is 3.81. The molecule has 3 nitrogen and oxygen atoms in total. The van der Waals surface area contributed by atoms with Crippen LogP contribution in [0.4, 0.5) is 0 Å². The standard InChI is InChI=1S/C9H12N2O.ClH/c1-7(9(12)11-10)8-5-3-2-4-6-8;/h2-7H,10H2,1H3,(H,11,12);1H/t7-;/m0./s1. The zero-order valence-electron chi connectivity index (χ0n) is 7.36. The van der Waals surface area contributed by atoms with Crippen LogP contribution in [0.15, 0.2) is 30.3 Å². The number of carbonyl (C=O) groups excluding carboxylic acids is 1. The van der Waals surface area contributed by atoms with Crippen molar-refractivity contribution in [3.63, 3.8) is 0 Å². The number of hydrazine groups is 1. The Bertz CT molecular complexity index is 264. The number of benzene rings is 1. The average molecular weight is 201 g/mol. The lowest BCUT2D eigenvalue weighted by atomic mass is 10.0. The molecule has 0 saturated heterocycles. The predicted molar refractivity (Wildman–Crippen MR) is 54.4 cm³/mol. The van der Waals surface area contributed by atoms with E-state index in [2.05, 4.69) is 5.43 Å². The summed E-state index contributed by atoms with van der Waals surface area (Å²) in [7, 11) is 0. The van der Waals surface area contributed by atoms with Crippen LogP contribution < -0.4 is 11.3 Å². The van der Waals surface area contributed by atoms with E-state index in [0.717, 1.165) is 5.56 Å². The summed E-state index contributed by atoms with van der Waals surface area (Å²) in [6, 6.07) is 9.52. The Morgan fingerprint density at radius 3 is 2.38 bits per heavy atom. The first-order valence-electron chi connectivity index (χ1n) is 3.81. The molecule has 1 aromatic rings. The molecule has 0 aliphatic heterocycles. The molecule has 0 bridgehead atoms. The topological polar surface area (TPSA) is 55.1 Å². The molecule has 0 fully saturated rings. The van der Waals surface area contributed by atoms with Crippen LogP contribution in [0, 0.1) is 0 Å². The highest BCUT2D eigenvalue weighted by Crippen LogP contribution is 2.13. The summed E-state index contributed by atoms with van der Waals surface area (Å²) in [5, 5.41) is 0. The van der Waals surface area contributed by atoms with E-state index in [4.69, 9.17) is 5.84 Å². The van der Waals surface area contributed by atoms with Crippen molar-refractivity contribution in [2.45, 2.75) is 12.8 Å². The summed E-state index contributed by atoms with van der Waals surface area (Å²) in [4.78, 5) is 11.1. The highest BCUT2D eigenvalue weighted by Gasteiger charge is 2.12. The highest BCUT2D eigenvalue weighted by molar-refractivity contribution is 5.85. The number of halogens is 1. The third-order valence-corrected chi connectivity index (χ3v) is 1.84. The lowest BCUT2D eigenvalue weighted by Gasteiger charge is -2.08.